The lowest BCUT2D eigenvalue weighted by Crippen LogP contribution is -2.69. The molecule has 0 aromatic heterocycles. The van der Waals surface area contributed by atoms with Crippen molar-refractivity contribution >= 4 is 11.8 Å². The number of allylic oxidation sites excluding steroid dienone is 1. The van der Waals surface area contributed by atoms with Gasteiger partial charge in [-0.1, -0.05) is 206 Å². The van der Waals surface area contributed by atoms with Crippen LogP contribution in [0.15, 0.2) is 12.2 Å². The molecule has 0 spiro atoms. The molecular formula is C66H122N2O23. The van der Waals surface area contributed by atoms with Gasteiger partial charge in [0.25, 0.3) is 0 Å². The molecule has 91 heavy (non-hydrogen) atoms. The Hall–Kier alpha value is -2.16. The third kappa shape index (κ3) is 28.4. The summed E-state index contributed by atoms with van der Waals surface area (Å²) in [6, 6.07) is -2.53. The van der Waals surface area contributed by atoms with Gasteiger partial charge in [0.15, 0.2) is 25.2 Å². The second-order valence-electron chi connectivity index (χ2n) is 25.7. The van der Waals surface area contributed by atoms with E-state index in [1.54, 1.807) is 6.08 Å². The van der Waals surface area contributed by atoms with Crippen LogP contribution in [-0.2, 0) is 47.5 Å². The van der Waals surface area contributed by atoms with E-state index in [9.17, 15) is 76.0 Å². The smallest absolute Gasteiger partial charge is 0.220 e. The molecule has 25 heteroatoms. The number of ether oxygens (including phenoxy) is 8. The Bertz CT molecular complexity index is 1900. The van der Waals surface area contributed by atoms with Crippen molar-refractivity contribution in [3.05, 3.63) is 12.2 Å². The topological polar surface area (TPSA) is 395 Å². The molecule has 0 aliphatic carbocycles. The Morgan fingerprint density at radius 2 is 0.802 bits per heavy atom. The maximum Gasteiger partial charge on any atom is 0.220 e. The standard InChI is InChI=1S/C66H122N2O23/c1-4-6-8-10-12-14-16-18-19-20-21-22-23-25-27-29-31-33-35-37-50(75)68-44(45(74)36-34-32-30-28-26-24-17-15-13-11-9-7-5-2)42-84-64-57(81)55(79)60(48(40-71)87-64)89-65-58(82)56(80)61(49(41-72)88-65)90-66-59(83)62(53(77)47(39-70)86-66)91-63-51(67-43(3)73)54(78)52(76)46(38-69)85-63/h34,36,44-49,51-66,69-72,74,76-83H,4-33,35,37-42H2,1-3H3,(H,67,73)(H,68,75)/b36-34+/t44-,45+,46+,47+,48+,49+,51+,52-,53-,54+,55+,56+,57?,58+,59+,60+,61-,62-,63-,64+,65-,66+/m0/s1. The van der Waals surface area contributed by atoms with E-state index in [4.69, 9.17) is 37.9 Å². The molecule has 15 N–H and O–H groups in total. The van der Waals surface area contributed by atoms with Gasteiger partial charge < -0.3 is 115 Å². The molecule has 2 amide bonds. The molecule has 25 nitrogen and oxygen atoms in total. The highest BCUT2D eigenvalue weighted by molar-refractivity contribution is 5.76. The average molecular weight is 1310 g/mol. The van der Waals surface area contributed by atoms with Gasteiger partial charge >= 0.3 is 0 Å². The SMILES string of the molecule is CCCCCCCCCCCCC/C=C/[C@@H](O)[C@H](CO[C@@H]1O[C@H](CO)[C@@H](O[C@@H]2O[C@H](CO)[C@H](O[C@H]3O[C@H](CO)[C@H](O)[C@H](O[C@@H]4O[C@H](CO)[C@H](O)[C@H](O)[C@H]4NC(C)=O)[C@H]3O)[C@H](O)[C@H]2O)[C@H](O)C1O)NC(=O)CCCCCCCCCCCCCCCCCCCCC. The maximum absolute atomic E-state index is 13.4. The van der Waals surface area contributed by atoms with Gasteiger partial charge in [0, 0.05) is 13.3 Å². The molecule has 22 atom stereocenters. The number of hydrogen-bond acceptors (Lipinski definition) is 23. The first-order valence-electron chi connectivity index (χ1n) is 34.9. The molecule has 0 saturated carbocycles. The molecule has 1 unspecified atom stereocenters. The number of rotatable bonds is 49. The number of amides is 2. The van der Waals surface area contributed by atoms with Crippen LogP contribution in [0.5, 0.6) is 0 Å². The predicted molar refractivity (Wildman–Crippen MR) is 335 cm³/mol. The maximum atomic E-state index is 13.4. The molecule has 0 aromatic carbocycles. The largest absolute Gasteiger partial charge is 0.394 e. The number of nitrogens with one attached hydrogen (secondary N) is 2. The summed E-state index contributed by atoms with van der Waals surface area (Å²) in [5.41, 5.74) is 0. The number of aliphatic hydroxyl groups excluding tert-OH is 13. The van der Waals surface area contributed by atoms with Crippen LogP contribution in [0.4, 0.5) is 0 Å². The highest BCUT2D eigenvalue weighted by atomic mass is 16.8. The summed E-state index contributed by atoms with van der Waals surface area (Å²) >= 11 is 0. The normalized spacial score (nSPS) is 32.9. The second-order valence-corrected chi connectivity index (χ2v) is 25.7. The highest BCUT2D eigenvalue weighted by Crippen LogP contribution is 2.35. The van der Waals surface area contributed by atoms with Gasteiger partial charge in [-0.25, -0.2) is 0 Å². The first kappa shape index (κ1) is 81.3. The van der Waals surface area contributed by atoms with E-state index in [-0.39, 0.29) is 12.3 Å². The van der Waals surface area contributed by atoms with Gasteiger partial charge in [-0.05, 0) is 19.3 Å². The van der Waals surface area contributed by atoms with E-state index in [1.807, 2.05) is 6.08 Å². The lowest BCUT2D eigenvalue weighted by molar-refractivity contribution is -0.386. The molecule has 4 fully saturated rings. The van der Waals surface area contributed by atoms with E-state index in [2.05, 4.69) is 24.5 Å². The molecule has 0 aromatic rings. The van der Waals surface area contributed by atoms with Gasteiger partial charge in [0.2, 0.25) is 11.8 Å². The van der Waals surface area contributed by atoms with Crippen molar-refractivity contribution in [2.24, 2.45) is 0 Å². The van der Waals surface area contributed by atoms with Crippen LogP contribution in [-0.4, -0.2) is 246 Å². The number of unbranched alkanes of at least 4 members (excludes halogenated alkanes) is 29. The van der Waals surface area contributed by atoms with Crippen LogP contribution in [0.2, 0.25) is 0 Å². The number of carbonyl (C=O) groups excluding carboxylic acids is 2. The first-order chi connectivity index (χ1) is 44.0. The minimum Gasteiger partial charge on any atom is -0.394 e. The number of hydrogen-bond donors (Lipinski definition) is 15. The Morgan fingerprint density at radius 3 is 1.25 bits per heavy atom. The predicted octanol–water partition coefficient (Wildman–Crippen LogP) is 3.34. The zero-order chi connectivity index (χ0) is 66.5. The molecule has 4 heterocycles. The van der Waals surface area contributed by atoms with Crippen LogP contribution in [0.3, 0.4) is 0 Å². The van der Waals surface area contributed by atoms with Gasteiger partial charge in [0.1, 0.15) is 97.6 Å². The van der Waals surface area contributed by atoms with Crippen molar-refractivity contribution in [2.45, 2.75) is 361 Å². The van der Waals surface area contributed by atoms with Gasteiger partial charge in [-0.2, -0.15) is 0 Å². The molecule has 0 radical (unpaired) electrons. The van der Waals surface area contributed by atoms with E-state index in [1.165, 1.54) is 148 Å². The van der Waals surface area contributed by atoms with Crippen molar-refractivity contribution in [1.29, 1.82) is 0 Å². The molecular weight excluding hydrogens is 1190 g/mol. The van der Waals surface area contributed by atoms with Crippen molar-refractivity contribution in [3.8, 4) is 0 Å². The highest BCUT2D eigenvalue weighted by Gasteiger charge is 2.56. The molecule has 4 aliphatic rings. The average Bonchev–Trinajstić information content (AvgIpc) is 0.859. The summed E-state index contributed by atoms with van der Waals surface area (Å²) in [6.45, 7) is 1.64. The van der Waals surface area contributed by atoms with Crippen molar-refractivity contribution in [2.75, 3.05) is 33.0 Å². The van der Waals surface area contributed by atoms with E-state index in [0.29, 0.717) is 12.8 Å². The molecule has 4 aliphatic heterocycles. The Kier molecular flexibility index (Phi) is 41.9. The minimum absolute atomic E-state index is 0.219. The lowest BCUT2D eigenvalue weighted by atomic mass is 9.95. The van der Waals surface area contributed by atoms with Crippen molar-refractivity contribution < 1.29 is 114 Å². The van der Waals surface area contributed by atoms with E-state index < -0.39 is 174 Å². The monoisotopic (exact) mass is 1310 g/mol. The third-order valence-corrected chi connectivity index (χ3v) is 18.1. The second kappa shape index (κ2) is 46.9. The fraction of sp³-hybridized carbons (Fsp3) is 0.939. The summed E-state index contributed by atoms with van der Waals surface area (Å²) in [4.78, 5) is 25.5. The molecule has 4 saturated heterocycles. The van der Waals surface area contributed by atoms with Crippen LogP contribution >= 0.6 is 0 Å². The molecule has 534 valence electrons. The van der Waals surface area contributed by atoms with Gasteiger partial charge in [-0.15, -0.1) is 0 Å². The summed E-state index contributed by atoms with van der Waals surface area (Å²) in [7, 11) is 0. The Labute approximate surface area is 540 Å². The minimum atomic E-state index is -2.09. The summed E-state index contributed by atoms with van der Waals surface area (Å²) in [5, 5.41) is 147. The van der Waals surface area contributed by atoms with E-state index >= 15 is 0 Å². The van der Waals surface area contributed by atoms with Crippen LogP contribution in [0.25, 0.3) is 0 Å². The van der Waals surface area contributed by atoms with Crippen LogP contribution in [0, 0.1) is 0 Å². The fourth-order valence-corrected chi connectivity index (χ4v) is 12.4. The number of aliphatic hydroxyl groups is 13. The summed E-state index contributed by atoms with van der Waals surface area (Å²) in [6.07, 6.45) is 5.61. The van der Waals surface area contributed by atoms with Crippen LogP contribution in [0.1, 0.15) is 226 Å². The Morgan fingerprint density at radius 1 is 0.429 bits per heavy atom. The van der Waals surface area contributed by atoms with Gasteiger partial charge in [-0.3, -0.25) is 9.59 Å². The first-order valence-corrected chi connectivity index (χ1v) is 34.9. The molecule has 0 bridgehead atoms. The quantitative estimate of drug-likeness (QED) is 0.0307. The van der Waals surface area contributed by atoms with Crippen molar-refractivity contribution in [3.63, 3.8) is 0 Å². The van der Waals surface area contributed by atoms with Crippen LogP contribution < -0.4 is 10.6 Å². The zero-order valence-electron chi connectivity index (χ0n) is 54.9. The Balaban J connectivity index is 1.31. The van der Waals surface area contributed by atoms with Gasteiger partial charge in [0.05, 0.1) is 45.2 Å². The molecule has 4 rings (SSSR count). The zero-order valence-corrected chi connectivity index (χ0v) is 54.9. The fourth-order valence-electron chi connectivity index (χ4n) is 12.4. The third-order valence-electron chi connectivity index (χ3n) is 18.1. The number of carbonyl (C=O) groups is 2. The lowest BCUT2D eigenvalue weighted by Gasteiger charge is -2.49. The summed E-state index contributed by atoms with van der Waals surface area (Å²) < 4.78 is 46.5. The van der Waals surface area contributed by atoms with E-state index in [0.717, 1.165) is 45.4 Å². The van der Waals surface area contributed by atoms with Crippen molar-refractivity contribution in [1.82, 2.24) is 10.6 Å². The summed E-state index contributed by atoms with van der Waals surface area (Å²) in [5.74, 6) is -1.00.